The number of hydrogen-bond acceptors (Lipinski definition) is 3. The summed E-state index contributed by atoms with van der Waals surface area (Å²) in [6.07, 6.45) is 0.928. The summed E-state index contributed by atoms with van der Waals surface area (Å²) in [5, 5.41) is 3.16. The minimum Gasteiger partial charge on any atom is -0.378 e. The highest BCUT2D eigenvalue weighted by Crippen LogP contribution is 2.27. The Morgan fingerprint density at radius 1 is 1.09 bits per heavy atom. The molecule has 1 aromatic rings. The topological polar surface area (TPSA) is 41.6 Å². The maximum atomic E-state index is 12.5. The molecule has 1 fully saturated rings. The van der Waals surface area contributed by atoms with Crippen molar-refractivity contribution in [3.8, 4) is 0 Å². The van der Waals surface area contributed by atoms with E-state index in [1.165, 1.54) is 0 Å². The molecule has 0 aromatic heterocycles. The van der Waals surface area contributed by atoms with Gasteiger partial charge in [0.2, 0.25) is 0 Å². The van der Waals surface area contributed by atoms with Crippen molar-refractivity contribution in [2.24, 2.45) is 5.41 Å². The first-order chi connectivity index (χ1) is 10.7. The first-order valence-electron chi connectivity index (χ1n) is 8.42. The molecule has 1 amide bonds. The molecule has 128 valence electrons. The molecule has 0 aliphatic carbocycles. The van der Waals surface area contributed by atoms with Crippen LogP contribution in [0.3, 0.4) is 0 Å². The van der Waals surface area contributed by atoms with Gasteiger partial charge in [-0.05, 0) is 49.9 Å². The van der Waals surface area contributed by atoms with Crippen LogP contribution in [-0.2, 0) is 4.74 Å². The number of amides is 1. The summed E-state index contributed by atoms with van der Waals surface area (Å²) in [5.74, 6) is -0.00669. The minimum absolute atomic E-state index is 0.00669. The summed E-state index contributed by atoms with van der Waals surface area (Å²) < 4.78 is 5.37. The average Bonchev–Trinajstić information content (AvgIpc) is 2.45. The van der Waals surface area contributed by atoms with E-state index in [2.05, 4.69) is 44.8 Å². The van der Waals surface area contributed by atoms with Crippen LogP contribution in [0.5, 0.6) is 0 Å². The quantitative estimate of drug-likeness (QED) is 0.924. The molecule has 0 saturated carbocycles. The van der Waals surface area contributed by atoms with Gasteiger partial charge in [-0.1, -0.05) is 20.8 Å². The Kier molecular flexibility index (Phi) is 5.35. The zero-order valence-electron chi connectivity index (χ0n) is 15.1. The lowest BCUT2D eigenvalue weighted by Crippen LogP contribution is -2.45. The molecule has 23 heavy (non-hydrogen) atoms. The van der Waals surface area contributed by atoms with E-state index in [1.54, 1.807) is 0 Å². The first kappa shape index (κ1) is 17.8. The van der Waals surface area contributed by atoms with Gasteiger partial charge in [-0.15, -0.1) is 0 Å². The Hall–Kier alpha value is -1.55. The van der Waals surface area contributed by atoms with Gasteiger partial charge in [0.25, 0.3) is 5.91 Å². The number of rotatable bonds is 4. The van der Waals surface area contributed by atoms with E-state index in [9.17, 15) is 4.79 Å². The zero-order chi connectivity index (χ0) is 17.1. The molecule has 1 heterocycles. The Morgan fingerprint density at radius 3 is 2.17 bits per heavy atom. The second-order valence-corrected chi connectivity index (χ2v) is 8.22. The molecule has 1 N–H and O–H groups in total. The summed E-state index contributed by atoms with van der Waals surface area (Å²) in [6, 6.07) is 7.87. The van der Waals surface area contributed by atoms with E-state index in [4.69, 9.17) is 4.74 Å². The molecule has 2 rings (SSSR count). The molecular formula is C19H30N2O2. The van der Waals surface area contributed by atoms with Gasteiger partial charge in [0.15, 0.2) is 0 Å². The molecule has 0 bridgehead atoms. The van der Waals surface area contributed by atoms with Crippen LogP contribution >= 0.6 is 0 Å². The van der Waals surface area contributed by atoms with Gasteiger partial charge >= 0.3 is 0 Å². The molecule has 4 heteroatoms. The second-order valence-electron chi connectivity index (χ2n) is 8.22. The van der Waals surface area contributed by atoms with E-state index in [1.807, 2.05) is 24.3 Å². The molecule has 1 aromatic carbocycles. The molecule has 0 atom stereocenters. The lowest BCUT2D eigenvalue weighted by atomic mass is 9.81. The third-order valence-electron chi connectivity index (χ3n) is 3.93. The van der Waals surface area contributed by atoms with Crippen molar-refractivity contribution in [3.05, 3.63) is 29.8 Å². The monoisotopic (exact) mass is 318 g/mol. The standard InChI is InChI=1S/C19H30N2O2/c1-18(2,3)14-19(4,5)20-17(22)15-6-8-16(9-7-15)21-10-12-23-13-11-21/h6-9H,10-14H2,1-5H3,(H,20,22). The predicted octanol–water partition coefficient (Wildman–Crippen LogP) is 3.47. The summed E-state index contributed by atoms with van der Waals surface area (Å²) >= 11 is 0. The Labute approximate surface area is 140 Å². The third-order valence-corrected chi connectivity index (χ3v) is 3.93. The van der Waals surface area contributed by atoms with Gasteiger partial charge in [0, 0.05) is 29.9 Å². The van der Waals surface area contributed by atoms with Crippen LogP contribution in [0.15, 0.2) is 24.3 Å². The number of anilines is 1. The number of hydrogen-bond donors (Lipinski definition) is 1. The predicted molar refractivity (Wildman–Crippen MR) is 95.1 cm³/mol. The van der Waals surface area contributed by atoms with Crippen LogP contribution in [0.25, 0.3) is 0 Å². The highest BCUT2D eigenvalue weighted by molar-refractivity contribution is 5.95. The molecule has 1 aliphatic heterocycles. The molecule has 1 aliphatic rings. The minimum atomic E-state index is -0.224. The molecule has 1 saturated heterocycles. The van der Waals surface area contributed by atoms with Crippen LogP contribution in [0, 0.1) is 5.41 Å². The van der Waals surface area contributed by atoms with Crippen LogP contribution in [0.1, 0.15) is 51.4 Å². The molecule has 0 spiro atoms. The SMILES string of the molecule is CC(C)(C)CC(C)(C)NC(=O)c1ccc(N2CCOCC2)cc1. The van der Waals surface area contributed by atoms with Gasteiger partial charge in [-0.2, -0.15) is 0 Å². The maximum absolute atomic E-state index is 12.5. The number of nitrogens with zero attached hydrogens (tertiary/aromatic N) is 1. The van der Waals surface area contributed by atoms with Crippen molar-refractivity contribution in [3.63, 3.8) is 0 Å². The van der Waals surface area contributed by atoms with Crippen molar-refractivity contribution in [1.29, 1.82) is 0 Å². The van der Waals surface area contributed by atoms with Gasteiger partial charge in [-0.3, -0.25) is 4.79 Å². The summed E-state index contributed by atoms with van der Waals surface area (Å²) in [4.78, 5) is 14.8. The lowest BCUT2D eigenvalue weighted by Gasteiger charge is -2.33. The number of nitrogens with one attached hydrogen (secondary N) is 1. The Morgan fingerprint density at radius 2 is 1.65 bits per heavy atom. The van der Waals surface area contributed by atoms with Crippen LogP contribution in [0.4, 0.5) is 5.69 Å². The van der Waals surface area contributed by atoms with Crippen molar-refractivity contribution in [2.45, 2.75) is 46.6 Å². The van der Waals surface area contributed by atoms with Crippen LogP contribution in [-0.4, -0.2) is 37.7 Å². The largest absolute Gasteiger partial charge is 0.378 e. The molecular weight excluding hydrogens is 288 g/mol. The fraction of sp³-hybridized carbons (Fsp3) is 0.632. The fourth-order valence-corrected chi connectivity index (χ4v) is 3.39. The number of morpholine rings is 1. The van der Waals surface area contributed by atoms with Gasteiger partial charge < -0.3 is 15.0 Å². The van der Waals surface area contributed by atoms with Crippen molar-refractivity contribution in [1.82, 2.24) is 5.32 Å². The van der Waals surface area contributed by atoms with Gasteiger partial charge in [0.05, 0.1) is 13.2 Å². The smallest absolute Gasteiger partial charge is 0.251 e. The Balaban J connectivity index is 1.99. The number of benzene rings is 1. The number of carbonyl (C=O) groups is 1. The van der Waals surface area contributed by atoms with Crippen molar-refractivity contribution >= 4 is 11.6 Å². The van der Waals surface area contributed by atoms with E-state index in [0.29, 0.717) is 5.56 Å². The van der Waals surface area contributed by atoms with E-state index in [-0.39, 0.29) is 16.9 Å². The van der Waals surface area contributed by atoms with Crippen LogP contribution in [0.2, 0.25) is 0 Å². The highest BCUT2D eigenvalue weighted by atomic mass is 16.5. The van der Waals surface area contributed by atoms with Crippen molar-refractivity contribution < 1.29 is 9.53 Å². The zero-order valence-corrected chi connectivity index (χ0v) is 15.1. The van der Waals surface area contributed by atoms with E-state index < -0.39 is 0 Å². The molecule has 4 nitrogen and oxygen atoms in total. The van der Waals surface area contributed by atoms with Gasteiger partial charge in [-0.25, -0.2) is 0 Å². The summed E-state index contributed by atoms with van der Waals surface area (Å²) in [7, 11) is 0. The second kappa shape index (κ2) is 6.91. The van der Waals surface area contributed by atoms with Crippen LogP contribution < -0.4 is 10.2 Å². The van der Waals surface area contributed by atoms with E-state index >= 15 is 0 Å². The maximum Gasteiger partial charge on any atom is 0.251 e. The fourth-order valence-electron chi connectivity index (χ4n) is 3.39. The molecule has 0 radical (unpaired) electrons. The summed E-state index contributed by atoms with van der Waals surface area (Å²) in [5.41, 5.74) is 1.82. The van der Waals surface area contributed by atoms with Gasteiger partial charge in [0.1, 0.15) is 0 Å². The third kappa shape index (κ3) is 5.54. The molecule has 0 unspecified atom stereocenters. The normalized spacial score (nSPS) is 16.3. The summed E-state index contributed by atoms with van der Waals surface area (Å²) in [6.45, 7) is 14.1. The van der Waals surface area contributed by atoms with Crippen molar-refractivity contribution in [2.75, 3.05) is 31.2 Å². The van der Waals surface area contributed by atoms with E-state index in [0.717, 1.165) is 38.4 Å². The average molecular weight is 318 g/mol. The Bertz CT molecular complexity index is 523. The highest BCUT2D eigenvalue weighted by Gasteiger charge is 2.27. The lowest BCUT2D eigenvalue weighted by molar-refractivity contribution is 0.0891. The first-order valence-corrected chi connectivity index (χ1v) is 8.42. The number of ether oxygens (including phenoxy) is 1. The number of carbonyl (C=O) groups excluding carboxylic acids is 1.